The normalized spacial score (nSPS) is 18.1. The summed E-state index contributed by atoms with van der Waals surface area (Å²) in [4.78, 5) is 2.31. The smallest absolute Gasteiger partial charge is 0.231 e. The minimum atomic E-state index is -0.146. The largest absolute Gasteiger partial charge is 0.365 e. The molecule has 27 heavy (non-hydrogen) atoms. The van der Waals surface area contributed by atoms with Crippen molar-refractivity contribution >= 4 is 17.5 Å². The van der Waals surface area contributed by atoms with E-state index in [1.54, 1.807) is 0 Å². The topological polar surface area (TPSA) is 43.2 Å². The van der Waals surface area contributed by atoms with E-state index < -0.39 is 0 Å². The van der Waals surface area contributed by atoms with E-state index in [0.717, 1.165) is 55.0 Å². The Labute approximate surface area is 163 Å². The second-order valence-electron chi connectivity index (χ2n) is 7.29. The number of aryl methyl sites for hydroxylation is 1. The highest BCUT2D eigenvalue weighted by molar-refractivity contribution is 6.30. The summed E-state index contributed by atoms with van der Waals surface area (Å²) in [7, 11) is 0. The zero-order chi connectivity index (χ0) is 18.4. The van der Waals surface area contributed by atoms with Crippen molar-refractivity contribution in [2.75, 3.05) is 18.0 Å². The summed E-state index contributed by atoms with van der Waals surface area (Å²) in [5, 5.41) is 9.51. The van der Waals surface area contributed by atoms with Crippen LogP contribution in [0.5, 0.6) is 0 Å². The second-order valence-corrected chi connectivity index (χ2v) is 7.72. The van der Waals surface area contributed by atoms with Crippen LogP contribution < -0.4 is 4.90 Å². The lowest BCUT2D eigenvalue weighted by Crippen LogP contribution is -2.43. The predicted octanol–water partition coefficient (Wildman–Crippen LogP) is 4.26. The summed E-state index contributed by atoms with van der Waals surface area (Å²) >= 11 is 6.05. The van der Waals surface area contributed by atoms with Crippen LogP contribution in [-0.4, -0.2) is 27.9 Å². The van der Waals surface area contributed by atoms with Gasteiger partial charge in [0.1, 0.15) is 5.82 Å². The quantitative estimate of drug-likeness (QED) is 0.666. The Morgan fingerprint density at radius 3 is 2.52 bits per heavy atom. The molecule has 1 saturated heterocycles. The van der Waals surface area contributed by atoms with Crippen molar-refractivity contribution in [2.45, 2.75) is 32.0 Å². The molecule has 6 heteroatoms. The van der Waals surface area contributed by atoms with Gasteiger partial charge in [-0.05, 0) is 55.2 Å². The number of benzene rings is 2. The number of anilines is 1. The number of hydrogen-bond acceptors (Lipinski definition) is 4. The van der Waals surface area contributed by atoms with Crippen LogP contribution in [0.3, 0.4) is 0 Å². The lowest BCUT2D eigenvalue weighted by Gasteiger charge is -2.39. The molecule has 0 radical (unpaired) electrons. The van der Waals surface area contributed by atoms with Gasteiger partial charge in [-0.2, -0.15) is 0 Å². The Balaban J connectivity index is 1.42. The van der Waals surface area contributed by atoms with Gasteiger partial charge in [-0.25, -0.2) is 0 Å². The number of ether oxygens (including phenoxy) is 1. The van der Waals surface area contributed by atoms with Crippen LogP contribution in [0.15, 0.2) is 48.5 Å². The molecule has 0 saturated carbocycles. The van der Waals surface area contributed by atoms with E-state index in [9.17, 15) is 0 Å². The molecule has 1 spiro atoms. The van der Waals surface area contributed by atoms with Gasteiger partial charge in [-0.1, -0.05) is 35.9 Å². The third-order valence-corrected chi connectivity index (χ3v) is 6.01. The molecule has 3 aromatic rings. The van der Waals surface area contributed by atoms with Crippen molar-refractivity contribution in [3.8, 4) is 5.69 Å². The van der Waals surface area contributed by atoms with Crippen LogP contribution >= 0.6 is 11.6 Å². The van der Waals surface area contributed by atoms with Gasteiger partial charge >= 0.3 is 0 Å². The summed E-state index contributed by atoms with van der Waals surface area (Å²) in [6.45, 7) is 4.48. The number of aromatic nitrogens is 3. The Hall–Kier alpha value is -2.37. The molecule has 0 aliphatic carbocycles. The molecule has 3 heterocycles. The second kappa shape index (κ2) is 6.36. The third-order valence-electron chi connectivity index (χ3n) is 5.76. The number of piperidine rings is 1. The molecular weight excluding hydrogens is 360 g/mol. The van der Waals surface area contributed by atoms with E-state index in [4.69, 9.17) is 16.3 Å². The van der Waals surface area contributed by atoms with Gasteiger partial charge in [0.15, 0.2) is 0 Å². The standard InChI is InChI=1S/C21H21ClN4O/c1-15-23-24-20(26(15)18-8-6-17(22)7-9-18)25-12-10-21(11-13-25)19-5-3-2-4-16(19)14-27-21/h2-9H,10-14H2,1H3. The van der Waals surface area contributed by atoms with Crippen molar-refractivity contribution in [3.05, 3.63) is 70.5 Å². The number of nitrogens with zero attached hydrogens (tertiary/aromatic N) is 4. The van der Waals surface area contributed by atoms with E-state index >= 15 is 0 Å². The molecule has 0 bridgehead atoms. The molecule has 0 atom stereocenters. The van der Waals surface area contributed by atoms with Crippen molar-refractivity contribution < 1.29 is 4.74 Å². The Bertz CT molecular complexity index is 974. The van der Waals surface area contributed by atoms with E-state index in [1.807, 2.05) is 31.2 Å². The maximum atomic E-state index is 6.29. The van der Waals surface area contributed by atoms with Crippen molar-refractivity contribution in [3.63, 3.8) is 0 Å². The fraction of sp³-hybridized carbons (Fsp3) is 0.333. The van der Waals surface area contributed by atoms with Crippen LogP contribution in [0.1, 0.15) is 29.8 Å². The maximum absolute atomic E-state index is 6.29. The summed E-state index contributed by atoms with van der Waals surface area (Å²) in [6.07, 6.45) is 1.91. The first-order chi connectivity index (χ1) is 13.2. The summed E-state index contributed by atoms with van der Waals surface area (Å²) in [5.41, 5.74) is 3.57. The molecule has 5 rings (SSSR count). The van der Waals surface area contributed by atoms with Crippen LogP contribution in [0.4, 0.5) is 5.95 Å². The molecule has 138 valence electrons. The molecule has 2 aromatic carbocycles. The van der Waals surface area contributed by atoms with Crippen LogP contribution in [0, 0.1) is 6.92 Å². The lowest BCUT2D eigenvalue weighted by molar-refractivity contribution is -0.0553. The number of rotatable bonds is 2. The highest BCUT2D eigenvalue weighted by Gasteiger charge is 2.43. The van der Waals surface area contributed by atoms with Gasteiger partial charge < -0.3 is 9.64 Å². The van der Waals surface area contributed by atoms with Gasteiger partial charge in [0.05, 0.1) is 17.9 Å². The highest BCUT2D eigenvalue weighted by atomic mass is 35.5. The Morgan fingerprint density at radius 2 is 1.74 bits per heavy atom. The summed E-state index contributed by atoms with van der Waals surface area (Å²) < 4.78 is 8.38. The average Bonchev–Trinajstić information content (AvgIpc) is 3.25. The molecule has 2 aliphatic rings. The van der Waals surface area contributed by atoms with E-state index in [-0.39, 0.29) is 5.60 Å². The summed E-state index contributed by atoms with van der Waals surface area (Å²) in [6, 6.07) is 16.4. The molecule has 1 aromatic heterocycles. The molecule has 2 aliphatic heterocycles. The summed E-state index contributed by atoms with van der Waals surface area (Å²) in [5.74, 6) is 1.76. The molecule has 0 N–H and O–H groups in total. The van der Waals surface area contributed by atoms with Gasteiger partial charge in [0.25, 0.3) is 0 Å². The van der Waals surface area contributed by atoms with Crippen molar-refractivity contribution in [2.24, 2.45) is 0 Å². The van der Waals surface area contributed by atoms with Gasteiger partial charge in [0.2, 0.25) is 5.95 Å². The SMILES string of the molecule is Cc1nnc(N2CCC3(CC2)OCc2ccccc23)n1-c1ccc(Cl)cc1. The van der Waals surface area contributed by atoms with E-state index in [0.29, 0.717) is 0 Å². The van der Waals surface area contributed by atoms with Crippen molar-refractivity contribution in [1.29, 1.82) is 0 Å². The minimum absolute atomic E-state index is 0.146. The molecule has 0 unspecified atom stereocenters. The highest BCUT2D eigenvalue weighted by Crippen LogP contribution is 2.44. The first kappa shape index (κ1) is 16.8. The zero-order valence-electron chi connectivity index (χ0n) is 15.2. The van der Waals surface area contributed by atoms with Crippen LogP contribution in [0.2, 0.25) is 5.02 Å². The minimum Gasteiger partial charge on any atom is -0.365 e. The van der Waals surface area contributed by atoms with Crippen molar-refractivity contribution in [1.82, 2.24) is 14.8 Å². The third kappa shape index (κ3) is 2.73. The lowest BCUT2D eigenvalue weighted by atomic mass is 9.84. The maximum Gasteiger partial charge on any atom is 0.231 e. The first-order valence-electron chi connectivity index (χ1n) is 9.32. The number of halogens is 1. The molecule has 5 nitrogen and oxygen atoms in total. The van der Waals surface area contributed by atoms with E-state index in [2.05, 4.69) is 43.9 Å². The number of fused-ring (bicyclic) bond motifs is 2. The fourth-order valence-corrected chi connectivity index (χ4v) is 4.44. The van der Waals surface area contributed by atoms with Gasteiger partial charge in [0, 0.05) is 18.1 Å². The number of hydrogen-bond donors (Lipinski definition) is 0. The predicted molar refractivity (Wildman–Crippen MR) is 105 cm³/mol. The first-order valence-corrected chi connectivity index (χ1v) is 9.69. The Kier molecular flexibility index (Phi) is 3.95. The van der Waals surface area contributed by atoms with E-state index in [1.165, 1.54) is 11.1 Å². The van der Waals surface area contributed by atoms with Gasteiger partial charge in [-0.3, -0.25) is 4.57 Å². The Morgan fingerprint density at radius 1 is 1.00 bits per heavy atom. The monoisotopic (exact) mass is 380 g/mol. The molecule has 1 fully saturated rings. The fourth-order valence-electron chi connectivity index (χ4n) is 4.31. The molecular formula is C21H21ClN4O. The van der Waals surface area contributed by atoms with Gasteiger partial charge in [-0.15, -0.1) is 10.2 Å². The molecule has 0 amide bonds. The van der Waals surface area contributed by atoms with Crippen LogP contribution in [-0.2, 0) is 16.9 Å². The average molecular weight is 381 g/mol. The van der Waals surface area contributed by atoms with Crippen LogP contribution in [0.25, 0.3) is 5.69 Å². The zero-order valence-corrected chi connectivity index (χ0v) is 16.0.